The predicted octanol–water partition coefficient (Wildman–Crippen LogP) is 2.42. The van der Waals surface area contributed by atoms with Gasteiger partial charge in [-0.15, -0.1) is 0 Å². The molecule has 0 unspecified atom stereocenters. The maximum atomic E-state index is 6.25. The molecule has 1 fully saturated rings. The van der Waals surface area contributed by atoms with Crippen molar-refractivity contribution in [2.75, 3.05) is 30.3 Å². The lowest BCUT2D eigenvalue weighted by Gasteiger charge is -2.40. The predicted molar refractivity (Wildman–Crippen MR) is 90.0 cm³/mol. The Bertz CT molecular complexity index is 634. The van der Waals surface area contributed by atoms with Gasteiger partial charge in [0.1, 0.15) is 17.2 Å². The van der Waals surface area contributed by atoms with Crippen LogP contribution in [-0.2, 0) is 6.54 Å². The Labute approximate surface area is 135 Å². The van der Waals surface area contributed by atoms with E-state index in [-0.39, 0.29) is 0 Å². The number of nitrogen functional groups attached to an aromatic ring is 1. The molecule has 116 valence electrons. The molecule has 0 spiro atoms. The normalized spacial score (nSPS) is 19.4. The lowest BCUT2D eigenvalue weighted by atomic mass is 10.1. The summed E-state index contributed by atoms with van der Waals surface area (Å²) >= 11 is 6.25. The molecule has 2 N–H and O–H groups in total. The summed E-state index contributed by atoms with van der Waals surface area (Å²) in [5, 5.41) is 0.450. The van der Waals surface area contributed by atoms with Gasteiger partial charge < -0.3 is 10.6 Å². The van der Waals surface area contributed by atoms with Crippen LogP contribution in [0.15, 0.2) is 36.7 Å². The summed E-state index contributed by atoms with van der Waals surface area (Å²) in [6, 6.07) is 10.9. The van der Waals surface area contributed by atoms with Gasteiger partial charge in [0.25, 0.3) is 0 Å². The Kier molecular flexibility index (Phi) is 4.45. The van der Waals surface area contributed by atoms with Crippen LogP contribution in [0.5, 0.6) is 0 Å². The van der Waals surface area contributed by atoms with Crippen LogP contribution in [-0.4, -0.2) is 40.5 Å². The number of aromatic nitrogens is 2. The van der Waals surface area contributed by atoms with Crippen molar-refractivity contribution in [2.24, 2.45) is 0 Å². The number of anilines is 2. The molecule has 1 aromatic carbocycles. The number of hydrogen-bond donors (Lipinski definition) is 1. The molecule has 2 heterocycles. The lowest BCUT2D eigenvalue weighted by Crippen LogP contribution is -2.52. The maximum Gasteiger partial charge on any atom is 0.153 e. The fraction of sp³-hybridized carbons (Fsp3) is 0.375. The van der Waals surface area contributed by atoms with E-state index in [4.69, 9.17) is 17.3 Å². The highest BCUT2D eigenvalue weighted by Gasteiger charge is 2.26. The molecule has 1 atom stereocenters. The Morgan fingerprint density at radius 2 is 2.00 bits per heavy atom. The van der Waals surface area contributed by atoms with Crippen LogP contribution in [0.4, 0.5) is 11.6 Å². The van der Waals surface area contributed by atoms with Gasteiger partial charge in [-0.3, -0.25) is 4.90 Å². The van der Waals surface area contributed by atoms with E-state index in [1.54, 1.807) is 0 Å². The first kappa shape index (κ1) is 15.1. The molecule has 0 radical (unpaired) electrons. The highest BCUT2D eigenvalue weighted by atomic mass is 35.5. The molecular formula is C16H20ClN5. The zero-order valence-electron chi connectivity index (χ0n) is 12.6. The van der Waals surface area contributed by atoms with E-state index in [0.29, 0.717) is 16.9 Å². The SMILES string of the molecule is C[C@@H]1CN(Cc2ccccc2)CCN1c1ncnc(N)c1Cl. The van der Waals surface area contributed by atoms with E-state index in [0.717, 1.165) is 32.0 Å². The van der Waals surface area contributed by atoms with Crippen molar-refractivity contribution in [2.45, 2.75) is 19.5 Å². The van der Waals surface area contributed by atoms with Crippen LogP contribution >= 0.6 is 11.6 Å². The minimum absolute atomic E-state index is 0.323. The van der Waals surface area contributed by atoms with Gasteiger partial charge in [-0.05, 0) is 12.5 Å². The summed E-state index contributed by atoms with van der Waals surface area (Å²) < 4.78 is 0. The monoisotopic (exact) mass is 317 g/mol. The van der Waals surface area contributed by atoms with E-state index < -0.39 is 0 Å². The highest BCUT2D eigenvalue weighted by Crippen LogP contribution is 2.29. The van der Waals surface area contributed by atoms with E-state index in [9.17, 15) is 0 Å². The minimum Gasteiger partial charge on any atom is -0.382 e. The fourth-order valence-electron chi connectivity index (χ4n) is 2.91. The molecule has 1 aromatic heterocycles. The first-order valence-electron chi connectivity index (χ1n) is 7.44. The molecule has 1 aliphatic rings. The minimum atomic E-state index is 0.323. The van der Waals surface area contributed by atoms with Crippen LogP contribution in [0.3, 0.4) is 0 Å². The van der Waals surface area contributed by atoms with E-state index in [1.165, 1.54) is 11.9 Å². The van der Waals surface area contributed by atoms with E-state index >= 15 is 0 Å². The fourth-order valence-corrected chi connectivity index (χ4v) is 3.11. The third kappa shape index (κ3) is 3.15. The van der Waals surface area contributed by atoms with Crippen molar-refractivity contribution in [3.8, 4) is 0 Å². The van der Waals surface area contributed by atoms with Crippen molar-refractivity contribution < 1.29 is 0 Å². The third-order valence-electron chi connectivity index (χ3n) is 4.03. The van der Waals surface area contributed by atoms with Gasteiger partial charge >= 0.3 is 0 Å². The quantitative estimate of drug-likeness (QED) is 0.942. The summed E-state index contributed by atoms with van der Waals surface area (Å²) in [7, 11) is 0. The molecular weight excluding hydrogens is 298 g/mol. The Morgan fingerprint density at radius 3 is 2.73 bits per heavy atom. The maximum absolute atomic E-state index is 6.25. The average Bonchev–Trinajstić information content (AvgIpc) is 2.52. The summed E-state index contributed by atoms with van der Waals surface area (Å²) in [6.45, 7) is 5.98. The van der Waals surface area contributed by atoms with Gasteiger partial charge in [0.2, 0.25) is 0 Å². The van der Waals surface area contributed by atoms with Crippen molar-refractivity contribution >= 4 is 23.2 Å². The Balaban J connectivity index is 1.69. The standard InChI is InChI=1S/C16H20ClN5/c1-12-9-21(10-13-5-3-2-4-6-13)7-8-22(12)16-14(17)15(18)19-11-20-16/h2-6,11-12H,7-10H2,1H3,(H2,18,19,20)/t12-/m1/s1. The molecule has 3 rings (SSSR count). The van der Waals surface area contributed by atoms with E-state index in [2.05, 4.69) is 51.0 Å². The third-order valence-corrected chi connectivity index (χ3v) is 4.39. The second-order valence-corrected chi connectivity index (χ2v) is 6.04. The summed E-state index contributed by atoms with van der Waals surface area (Å²) in [4.78, 5) is 12.9. The molecule has 1 saturated heterocycles. The smallest absolute Gasteiger partial charge is 0.153 e. The number of piperazine rings is 1. The number of hydrogen-bond acceptors (Lipinski definition) is 5. The number of benzene rings is 1. The Hall–Kier alpha value is -1.85. The molecule has 2 aromatic rings. The van der Waals surface area contributed by atoms with Crippen molar-refractivity contribution in [3.05, 3.63) is 47.2 Å². The number of halogens is 1. The van der Waals surface area contributed by atoms with Crippen molar-refractivity contribution in [3.63, 3.8) is 0 Å². The van der Waals surface area contributed by atoms with Gasteiger partial charge in [-0.1, -0.05) is 41.9 Å². The van der Waals surface area contributed by atoms with Crippen LogP contribution in [0.1, 0.15) is 12.5 Å². The van der Waals surface area contributed by atoms with Crippen LogP contribution in [0, 0.1) is 0 Å². The van der Waals surface area contributed by atoms with Crippen LogP contribution in [0.25, 0.3) is 0 Å². The van der Waals surface area contributed by atoms with Gasteiger partial charge in [0, 0.05) is 32.2 Å². The van der Waals surface area contributed by atoms with Gasteiger partial charge in [-0.2, -0.15) is 0 Å². The van der Waals surface area contributed by atoms with Crippen LogP contribution < -0.4 is 10.6 Å². The van der Waals surface area contributed by atoms with Gasteiger partial charge in [0.05, 0.1) is 0 Å². The second-order valence-electron chi connectivity index (χ2n) is 5.66. The molecule has 0 saturated carbocycles. The summed E-state index contributed by atoms with van der Waals surface area (Å²) in [6.07, 6.45) is 1.47. The zero-order chi connectivity index (χ0) is 15.5. The van der Waals surface area contributed by atoms with Gasteiger partial charge in [0.15, 0.2) is 5.82 Å². The number of nitrogens with two attached hydrogens (primary N) is 1. The van der Waals surface area contributed by atoms with Crippen LogP contribution in [0.2, 0.25) is 5.02 Å². The highest BCUT2D eigenvalue weighted by molar-refractivity contribution is 6.35. The molecule has 5 nitrogen and oxygen atoms in total. The van der Waals surface area contributed by atoms with Crippen molar-refractivity contribution in [1.82, 2.24) is 14.9 Å². The molecule has 0 aliphatic carbocycles. The zero-order valence-corrected chi connectivity index (χ0v) is 13.4. The average molecular weight is 318 g/mol. The number of nitrogens with zero attached hydrogens (tertiary/aromatic N) is 4. The Morgan fingerprint density at radius 1 is 1.23 bits per heavy atom. The molecule has 0 bridgehead atoms. The van der Waals surface area contributed by atoms with Crippen molar-refractivity contribution in [1.29, 1.82) is 0 Å². The second kappa shape index (κ2) is 6.50. The lowest BCUT2D eigenvalue weighted by molar-refractivity contribution is 0.220. The van der Waals surface area contributed by atoms with E-state index in [1.807, 2.05) is 6.07 Å². The summed E-state index contributed by atoms with van der Waals surface area (Å²) in [5.74, 6) is 1.08. The topological polar surface area (TPSA) is 58.3 Å². The van der Waals surface area contributed by atoms with Gasteiger partial charge in [-0.25, -0.2) is 9.97 Å². The molecule has 0 amide bonds. The molecule has 22 heavy (non-hydrogen) atoms. The largest absolute Gasteiger partial charge is 0.382 e. The molecule has 1 aliphatic heterocycles. The first-order chi connectivity index (χ1) is 10.6. The first-order valence-corrected chi connectivity index (χ1v) is 7.82. The summed E-state index contributed by atoms with van der Waals surface area (Å²) in [5.41, 5.74) is 7.12. The molecule has 6 heteroatoms. The number of rotatable bonds is 3.